The van der Waals surface area contributed by atoms with E-state index in [2.05, 4.69) is 0 Å². The molecule has 0 spiro atoms. The summed E-state index contributed by atoms with van der Waals surface area (Å²) >= 11 is 0. The molecular formula is C17H17NO3. The molecule has 0 atom stereocenters. The zero-order valence-corrected chi connectivity index (χ0v) is 11.6. The van der Waals surface area contributed by atoms with E-state index in [1.165, 1.54) is 0 Å². The Morgan fingerprint density at radius 1 is 1.05 bits per heavy atom. The number of fused-ring (bicyclic) bond motifs is 2. The van der Waals surface area contributed by atoms with Gasteiger partial charge in [-0.15, -0.1) is 0 Å². The van der Waals surface area contributed by atoms with E-state index in [-0.39, 0.29) is 5.97 Å². The van der Waals surface area contributed by atoms with Gasteiger partial charge in [-0.3, -0.25) is 4.79 Å². The first-order chi connectivity index (χ1) is 10.3. The first kappa shape index (κ1) is 13.6. The summed E-state index contributed by atoms with van der Waals surface area (Å²) in [7, 11) is 0. The highest BCUT2D eigenvalue weighted by molar-refractivity contribution is 5.85. The second-order valence-corrected chi connectivity index (χ2v) is 4.92. The summed E-state index contributed by atoms with van der Waals surface area (Å²) in [5.74, 6) is 0.713. The lowest BCUT2D eigenvalue weighted by Gasteiger charge is -2.26. The predicted molar refractivity (Wildman–Crippen MR) is 79.4 cm³/mol. The van der Waals surface area contributed by atoms with Crippen molar-refractivity contribution < 1.29 is 14.3 Å². The summed E-state index contributed by atoms with van der Waals surface area (Å²) in [4.78, 5) is 12.5. The number of benzene rings is 2. The Kier molecular flexibility index (Phi) is 3.88. The maximum atomic E-state index is 12.5. The zero-order chi connectivity index (χ0) is 14.7. The van der Waals surface area contributed by atoms with Gasteiger partial charge >= 0.3 is 5.97 Å². The number of nitrogens with two attached hydrogens (primary N) is 1. The minimum atomic E-state index is -0.441. The predicted octanol–water partition coefficient (Wildman–Crippen LogP) is 2.82. The van der Waals surface area contributed by atoms with Crippen LogP contribution in [0, 0.1) is 0 Å². The summed E-state index contributed by atoms with van der Waals surface area (Å²) in [5, 5.41) is 0. The second-order valence-electron chi connectivity index (χ2n) is 4.92. The Morgan fingerprint density at radius 3 is 2.19 bits per heavy atom. The molecular weight excluding hydrogens is 266 g/mol. The molecule has 4 heteroatoms. The zero-order valence-electron chi connectivity index (χ0n) is 11.6. The van der Waals surface area contributed by atoms with Crippen molar-refractivity contribution in [3.63, 3.8) is 0 Å². The number of hydrogen-bond acceptors (Lipinski definition) is 4. The van der Waals surface area contributed by atoms with Crippen LogP contribution in [0.1, 0.15) is 23.5 Å². The van der Waals surface area contributed by atoms with Gasteiger partial charge in [-0.2, -0.15) is 0 Å². The Bertz CT molecular complexity index is 608. The third-order valence-electron chi connectivity index (χ3n) is 3.51. The van der Waals surface area contributed by atoms with E-state index in [1.807, 2.05) is 48.5 Å². The van der Waals surface area contributed by atoms with Crippen molar-refractivity contribution in [3.8, 4) is 11.5 Å². The Labute approximate surface area is 123 Å². The highest BCUT2D eigenvalue weighted by Gasteiger charge is 2.33. The van der Waals surface area contributed by atoms with Gasteiger partial charge in [0.1, 0.15) is 17.4 Å². The Hall–Kier alpha value is -2.33. The SMILES string of the molecule is NCCCOC(=O)C1c2ccccc2Oc2ccccc21. The minimum Gasteiger partial charge on any atom is -0.465 e. The van der Waals surface area contributed by atoms with Crippen LogP contribution < -0.4 is 10.5 Å². The molecule has 0 aliphatic carbocycles. The van der Waals surface area contributed by atoms with Crippen molar-refractivity contribution in [2.24, 2.45) is 5.73 Å². The topological polar surface area (TPSA) is 61.5 Å². The average molecular weight is 283 g/mol. The molecule has 4 nitrogen and oxygen atoms in total. The summed E-state index contributed by atoms with van der Waals surface area (Å²) in [6, 6.07) is 15.1. The summed E-state index contributed by atoms with van der Waals surface area (Å²) in [6.45, 7) is 0.852. The van der Waals surface area contributed by atoms with Crippen molar-refractivity contribution >= 4 is 5.97 Å². The van der Waals surface area contributed by atoms with Gasteiger partial charge in [0.25, 0.3) is 0 Å². The van der Waals surface area contributed by atoms with E-state index in [4.69, 9.17) is 15.2 Å². The van der Waals surface area contributed by atoms with E-state index in [0.29, 0.717) is 31.1 Å². The van der Waals surface area contributed by atoms with Crippen LogP contribution in [-0.4, -0.2) is 19.1 Å². The van der Waals surface area contributed by atoms with E-state index >= 15 is 0 Å². The highest BCUT2D eigenvalue weighted by Crippen LogP contribution is 2.44. The maximum Gasteiger partial charge on any atom is 0.318 e. The van der Waals surface area contributed by atoms with E-state index in [9.17, 15) is 4.79 Å². The monoisotopic (exact) mass is 283 g/mol. The van der Waals surface area contributed by atoms with Crippen LogP contribution in [0.4, 0.5) is 0 Å². The van der Waals surface area contributed by atoms with Gasteiger partial charge in [0.05, 0.1) is 6.61 Å². The summed E-state index contributed by atoms with van der Waals surface area (Å²) in [6.07, 6.45) is 0.665. The van der Waals surface area contributed by atoms with Gasteiger partial charge in [-0.1, -0.05) is 36.4 Å². The molecule has 0 saturated carbocycles. The van der Waals surface area contributed by atoms with Crippen LogP contribution in [0.15, 0.2) is 48.5 Å². The van der Waals surface area contributed by atoms with Gasteiger partial charge in [0, 0.05) is 11.1 Å². The first-order valence-corrected chi connectivity index (χ1v) is 7.03. The molecule has 2 aromatic carbocycles. The fourth-order valence-corrected chi connectivity index (χ4v) is 2.50. The standard InChI is InChI=1S/C17H17NO3/c18-10-5-11-20-17(19)16-12-6-1-3-8-14(12)21-15-9-4-2-7-13(15)16/h1-4,6-9,16H,5,10-11,18H2. The van der Waals surface area contributed by atoms with Crippen molar-refractivity contribution in [2.45, 2.75) is 12.3 Å². The molecule has 0 aromatic heterocycles. The van der Waals surface area contributed by atoms with Gasteiger partial charge in [-0.25, -0.2) is 0 Å². The second kappa shape index (κ2) is 5.97. The minimum absolute atomic E-state index is 0.258. The molecule has 0 bridgehead atoms. The number of rotatable bonds is 4. The fourth-order valence-electron chi connectivity index (χ4n) is 2.50. The number of hydrogen-bond donors (Lipinski definition) is 1. The van der Waals surface area contributed by atoms with Gasteiger partial charge in [0.2, 0.25) is 0 Å². The number of carbonyl (C=O) groups is 1. The molecule has 0 saturated heterocycles. The summed E-state index contributed by atoms with van der Waals surface area (Å²) < 4.78 is 11.2. The third kappa shape index (κ3) is 2.62. The molecule has 2 N–H and O–H groups in total. The van der Waals surface area contributed by atoms with Crippen molar-refractivity contribution in [2.75, 3.05) is 13.2 Å². The van der Waals surface area contributed by atoms with Crippen LogP contribution in [0.2, 0.25) is 0 Å². The molecule has 0 unspecified atom stereocenters. The lowest BCUT2D eigenvalue weighted by Crippen LogP contribution is -2.22. The van der Waals surface area contributed by atoms with Crippen molar-refractivity contribution in [1.29, 1.82) is 0 Å². The smallest absolute Gasteiger partial charge is 0.318 e. The summed E-state index contributed by atoms with van der Waals surface area (Å²) in [5.41, 5.74) is 7.12. The van der Waals surface area contributed by atoms with Gasteiger partial charge in [-0.05, 0) is 25.1 Å². The molecule has 108 valence electrons. The van der Waals surface area contributed by atoms with Crippen molar-refractivity contribution in [3.05, 3.63) is 59.7 Å². The normalized spacial score (nSPS) is 13.0. The number of para-hydroxylation sites is 2. The number of esters is 1. The lowest BCUT2D eigenvalue weighted by molar-refractivity contribution is -0.144. The van der Waals surface area contributed by atoms with Crippen LogP contribution >= 0.6 is 0 Å². The molecule has 0 amide bonds. The highest BCUT2D eigenvalue weighted by atomic mass is 16.5. The molecule has 2 aromatic rings. The molecule has 1 heterocycles. The van der Waals surface area contributed by atoms with Crippen LogP contribution in [0.3, 0.4) is 0 Å². The molecule has 1 aliphatic heterocycles. The van der Waals surface area contributed by atoms with E-state index in [1.54, 1.807) is 0 Å². The third-order valence-corrected chi connectivity index (χ3v) is 3.51. The first-order valence-electron chi connectivity index (χ1n) is 7.03. The van der Waals surface area contributed by atoms with Gasteiger partial charge < -0.3 is 15.2 Å². The van der Waals surface area contributed by atoms with Crippen LogP contribution in [-0.2, 0) is 9.53 Å². The largest absolute Gasteiger partial charge is 0.465 e. The quantitative estimate of drug-likeness (QED) is 0.692. The Balaban J connectivity index is 1.96. The maximum absolute atomic E-state index is 12.5. The van der Waals surface area contributed by atoms with Crippen LogP contribution in [0.25, 0.3) is 0 Å². The average Bonchev–Trinajstić information content (AvgIpc) is 2.52. The van der Waals surface area contributed by atoms with Crippen molar-refractivity contribution in [1.82, 2.24) is 0 Å². The Morgan fingerprint density at radius 2 is 1.62 bits per heavy atom. The lowest BCUT2D eigenvalue weighted by atomic mass is 9.88. The molecule has 3 rings (SSSR count). The van der Waals surface area contributed by atoms with E-state index in [0.717, 1.165) is 11.1 Å². The molecule has 21 heavy (non-hydrogen) atoms. The number of carbonyl (C=O) groups excluding carboxylic acids is 1. The molecule has 0 fully saturated rings. The molecule has 1 aliphatic rings. The van der Waals surface area contributed by atoms with E-state index < -0.39 is 5.92 Å². The van der Waals surface area contributed by atoms with Crippen LogP contribution in [0.5, 0.6) is 11.5 Å². The molecule has 0 radical (unpaired) electrons. The van der Waals surface area contributed by atoms with Gasteiger partial charge in [0.15, 0.2) is 0 Å². The number of ether oxygens (including phenoxy) is 2. The fraction of sp³-hybridized carbons (Fsp3) is 0.235.